The molecule has 0 bridgehead atoms. The van der Waals surface area contributed by atoms with Crippen LogP contribution in [0, 0.1) is 12.8 Å². The molecule has 1 unspecified atom stereocenters. The molecule has 0 spiro atoms. The number of unbranched alkanes of at least 4 members (excludes halogenated alkanes) is 1. The van der Waals surface area contributed by atoms with Gasteiger partial charge in [-0.2, -0.15) is 13.2 Å². The molecular formula is C20H28ClF3S. The van der Waals surface area contributed by atoms with E-state index in [1.807, 2.05) is 6.08 Å². The minimum Gasteiger partial charge on any atom is -0.171 e. The van der Waals surface area contributed by atoms with Crippen molar-refractivity contribution in [3.05, 3.63) is 39.1 Å². The van der Waals surface area contributed by atoms with E-state index in [-0.39, 0.29) is 12.3 Å². The lowest BCUT2D eigenvalue weighted by Crippen LogP contribution is -2.07. The van der Waals surface area contributed by atoms with Crippen LogP contribution < -0.4 is 0 Å². The third-order valence-corrected chi connectivity index (χ3v) is 5.47. The third-order valence-electron chi connectivity index (χ3n) is 4.00. The fourth-order valence-corrected chi connectivity index (χ4v) is 4.08. The number of hydrogen-bond donors (Lipinski definition) is 0. The fraction of sp³-hybridized carbons (Fsp3) is 0.600. The molecule has 0 radical (unpaired) electrons. The summed E-state index contributed by atoms with van der Waals surface area (Å²) in [5.41, 5.74) is 1.93. The van der Waals surface area contributed by atoms with Gasteiger partial charge in [0.05, 0.1) is 0 Å². The van der Waals surface area contributed by atoms with Gasteiger partial charge in [-0.1, -0.05) is 49.6 Å². The molecule has 0 fully saturated rings. The van der Waals surface area contributed by atoms with E-state index in [4.69, 9.17) is 11.6 Å². The van der Waals surface area contributed by atoms with Gasteiger partial charge in [-0.15, -0.1) is 11.3 Å². The molecule has 0 aromatic carbocycles. The number of alkyl halides is 3. The molecule has 5 heteroatoms. The highest BCUT2D eigenvalue weighted by Gasteiger charge is 2.26. The van der Waals surface area contributed by atoms with Crippen molar-refractivity contribution >= 4 is 28.0 Å². The molecule has 1 rings (SSSR count). The molecule has 25 heavy (non-hydrogen) atoms. The summed E-state index contributed by atoms with van der Waals surface area (Å²) in [5, 5.41) is 0.811. The van der Waals surface area contributed by atoms with E-state index in [1.54, 1.807) is 18.3 Å². The Morgan fingerprint density at radius 2 is 2.04 bits per heavy atom. The number of allylic oxidation sites excluding steroid dienone is 3. The molecule has 1 aromatic rings. The summed E-state index contributed by atoms with van der Waals surface area (Å²) >= 11 is 8.19. The van der Waals surface area contributed by atoms with Gasteiger partial charge in [0.15, 0.2) is 0 Å². The summed E-state index contributed by atoms with van der Waals surface area (Å²) in [4.78, 5) is 2.50. The van der Waals surface area contributed by atoms with Crippen molar-refractivity contribution in [3.63, 3.8) is 0 Å². The van der Waals surface area contributed by atoms with Gasteiger partial charge in [-0.05, 0) is 51.5 Å². The Kier molecular flexibility index (Phi) is 9.29. The van der Waals surface area contributed by atoms with Crippen molar-refractivity contribution < 1.29 is 13.2 Å². The fourth-order valence-electron chi connectivity index (χ4n) is 2.68. The van der Waals surface area contributed by atoms with Crippen molar-refractivity contribution in [2.45, 2.75) is 72.4 Å². The maximum Gasteiger partial charge on any atom is 0.389 e. The third kappa shape index (κ3) is 8.96. The van der Waals surface area contributed by atoms with E-state index in [0.29, 0.717) is 0 Å². The molecule has 0 amide bonds. The van der Waals surface area contributed by atoms with E-state index in [2.05, 4.69) is 32.9 Å². The number of aryl methyl sites for hydroxylation is 2. The van der Waals surface area contributed by atoms with Crippen LogP contribution in [0.15, 0.2) is 23.8 Å². The second kappa shape index (κ2) is 10.4. The van der Waals surface area contributed by atoms with Crippen LogP contribution >= 0.6 is 22.9 Å². The molecule has 0 aliphatic rings. The molecule has 0 aliphatic carbocycles. The largest absolute Gasteiger partial charge is 0.389 e. The number of hydrogen-bond acceptors (Lipinski definition) is 1. The van der Waals surface area contributed by atoms with Crippen molar-refractivity contribution in [3.8, 4) is 0 Å². The van der Waals surface area contributed by atoms with E-state index < -0.39 is 12.6 Å². The van der Waals surface area contributed by atoms with Gasteiger partial charge in [0.2, 0.25) is 0 Å². The second-order valence-electron chi connectivity index (χ2n) is 6.68. The average molecular weight is 393 g/mol. The Morgan fingerprint density at radius 1 is 1.36 bits per heavy atom. The van der Waals surface area contributed by atoms with Gasteiger partial charge in [0, 0.05) is 26.8 Å². The first-order valence-electron chi connectivity index (χ1n) is 8.81. The number of thiophene rings is 1. The molecule has 0 aliphatic heterocycles. The SMILES string of the molecule is CCC/C=C(/Cl)c1cc(C)sc1CCC(C)/C=C(\C)CCC(F)(F)F. The molecule has 1 atom stereocenters. The summed E-state index contributed by atoms with van der Waals surface area (Å²) in [5.74, 6) is 0.252. The van der Waals surface area contributed by atoms with Crippen LogP contribution in [0.5, 0.6) is 0 Å². The molecule has 1 aromatic heterocycles. The van der Waals surface area contributed by atoms with Gasteiger partial charge in [-0.3, -0.25) is 0 Å². The zero-order valence-electron chi connectivity index (χ0n) is 15.5. The summed E-state index contributed by atoms with van der Waals surface area (Å²) in [6.07, 6.45) is 3.14. The highest BCUT2D eigenvalue weighted by Crippen LogP contribution is 2.32. The van der Waals surface area contributed by atoms with Crippen LogP contribution in [0.25, 0.3) is 5.03 Å². The first-order chi connectivity index (χ1) is 11.6. The van der Waals surface area contributed by atoms with Gasteiger partial charge in [0.25, 0.3) is 0 Å². The zero-order valence-corrected chi connectivity index (χ0v) is 17.0. The monoisotopic (exact) mass is 392 g/mol. The minimum atomic E-state index is -4.08. The van der Waals surface area contributed by atoms with Crippen molar-refractivity contribution in [1.82, 2.24) is 0 Å². The van der Waals surface area contributed by atoms with Crippen molar-refractivity contribution in [2.24, 2.45) is 5.92 Å². The summed E-state index contributed by atoms with van der Waals surface area (Å²) < 4.78 is 36.9. The Labute approximate surface area is 158 Å². The van der Waals surface area contributed by atoms with Crippen molar-refractivity contribution in [2.75, 3.05) is 0 Å². The van der Waals surface area contributed by atoms with Crippen LogP contribution in [-0.4, -0.2) is 6.18 Å². The zero-order chi connectivity index (χ0) is 19.0. The smallest absolute Gasteiger partial charge is 0.171 e. The first kappa shape index (κ1) is 22.3. The topological polar surface area (TPSA) is 0 Å². The Morgan fingerprint density at radius 3 is 2.64 bits per heavy atom. The predicted octanol–water partition coefficient (Wildman–Crippen LogP) is 8.29. The number of rotatable bonds is 9. The second-order valence-corrected chi connectivity index (χ2v) is 8.43. The van der Waals surface area contributed by atoms with Crippen LogP contribution in [0.2, 0.25) is 0 Å². The molecule has 1 heterocycles. The molecule has 0 saturated heterocycles. The quantitative estimate of drug-likeness (QED) is 0.371. The maximum absolute atomic E-state index is 12.3. The van der Waals surface area contributed by atoms with Gasteiger partial charge < -0.3 is 0 Å². The Hall–Kier alpha value is -0.740. The van der Waals surface area contributed by atoms with Gasteiger partial charge >= 0.3 is 6.18 Å². The highest BCUT2D eigenvalue weighted by atomic mass is 35.5. The van der Waals surface area contributed by atoms with Crippen LogP contribution in [-0.2, 0) is 6.42 Å². The maximum atomic E-state index is 12.3. The lowest BCUT2D eigenvalue weighted by atomic mass is 9.99. The van der Waals surface area contributed by atoms with Crippen LogP contribution in [0.4, 0.5) is 13.2 Å². The normalized spacial score (nSPS) is 14.9. The molecule has 0 saturated carbocycles. The lowest BCUT2D eigenvalue weighted by molar-refractivity contribution is -0.133. The molecule has 142 valence electrons. The average Bonchev–Trinajstić information content (AvgIpc) is 2.89. The minimum absolute atomic E-state index is 0.0861. The van der Waals surface area contributed by atoms with E-state index >= 15 is 0 Å². The summed E-state index contributed by atoms with van der Waals surface area (Å²) in [7, 11) is 0. The van der Waals surface area contributed by atoms with E-state index in [0.717, 1.165) is 41.9 Å². The Balaban J connectivity index is 2.66. The standard InChI is InChI=1S/C20H28ClF3S/c1-5-6-7-18(21)17-13-16(4)25-19(17)9-8-14(2)12-15(3)10-11-20(22,23)24/h7,12-14H,5-6,8-11H2,1-4H3/b15-12+,18-7+. The van der Waals surface area contributed by atoms with E-state index in [1.165, 1.54) is 9.75 Å². The highest BCUT2D eigenvalue weighted by molar-refractivity contribution is 7.12. The van der Waals surface area contributed by atoms with Crippen molar-refractivity contribution in [1.29, 1.82) is 0 Å². The van der Waals surface area contributed by atoms with E-state index in [9.17, 15) is 13.2 Å². The summed E-state index contributed by atoms with van der Waals surface area (Å²) in [6, 6.07) is 2.13. The lowest BCUT2D eigenvalue weighted by Gasteiger charge is -2.10. The summed E-state index contributed by atoms with van der Waals surface area (Å²) in [6.45, 7) is 8.04. The van der Waals surface area contributed by atoms with Crippen LogP contribution in [0.1, 0.15) is 68.2 Å². The predicted molar refractivity (Wildman–Crippen MR) is 104 cm³/mol. The first-order valence-corrected chi connectivity index (χ1v) is 10.0. The molecular weight excluding hydrogens is 365 g/mol. The number of halogens is 4. The van der Waals surface area contributed by atoms with Crippen LogP contribution in [0.3, 0.4) is 0 Å². The molecule has 0 N–H and O–H groups in total. The van der Waals surface area contributed by atoms with Gasteiger partial charge in [-0.25, -0.2) is 0 Å². The Bertz CT molecular complexity index is 597. The molecule has 0 nitrogen and oxygen atoms in total. The van der Waals surface area contributed by atoms with Gasteiger partial charge in [0.1, 0.15) is 0 Å².